The summed E-state index contributed by atoms with van der Waals surface area (Å²) in [7, 11) is 0. The maximum absolute atomic E-state index is 13.3. The van der Waals surface area contributed by atoms with Crippen molar-refractivity contribution in [3.8, 4) is 0 Å². The minimum absolute atomic E-state index is 0.139. The maximum Gasteiger partial charge on any atom is 0.254 e. The molecule has 2 aromatic carbocycles. The Morgan fingerprint density at radius 1 is 1.19 bits per heavy atom. The SMILES string of the molecule is Nc1ccccc1CN(C(=O)c1cccc(F)c1)C1CC1. The van der Waals surface area contributed by atoms with Crippen LogP contribution in [-0.4, -0.2) is 16.8 Å². The summed E-state index contributed by atoms with van der Waals surface area (Å²) in [6, 6.07) is 13.6. The number of anilines is 1. The Morgan fingerprint density at radius 3 is 2.62 bits per heavy atom. The number of rotatable bonds is 4. The number of hydrogen-bond donors (Lipinski definition) is 1. The number of hydrogen-bond acceptors (Lipinski definition) is 2. The summed E-state index contributed by atoms with van der Waals surface area (Å²) >= 11 is 0. The topological polar surface area (TPSA) is 46.3 Å². The van der Waals surface area contributed by atoms with Crippen LogP contribution in [0.25, 0.3) is 0 Å². The van der Waals surface area contributed by atoms with Crippen molar-refractivity contribution in [1.82, 2.24) is 4.90 Å². The predicted octanol–water partition coefficient (Wildman–Crippen LogP) is 3.21. The second-order valence-corrected chi connectivity index (χ2v) is 5.37. The van der Waals surface area contributed by atoms with Gasteiger partial charge in [0, 0.05) is 23.8 Å². The first-order valence-corrected chi connectivity index (χ1v) is 7.05. The number of carbonyl (C=O) groups is 1. The van der Waals surface area contributed by atoms with Crippen LogP contribution >= 0.6 is 0 Å². The van der Waals surface area contributed by atoms with Gasteiger partial charge in [0.15, 0.2) is 0 Å². The molecule has 21 heavy (non-hydrogen) atoms. The van der Waals surface area contributed by atoms with Crippen molar-refractivity contribution in [3.05, 3.63) is 65.5 Å². The van der Waals surface area contributed by atoms with Crippen molar-refractivity contribution >= 4 is 11.6 Å². The van der Waals surface area contributed by atoms with Gasteiger partial charge in [-0.25, -0.2) is 4.39 Å². The van der Waals surface area contributed by atoms with Crippen LogP contribution in [0.4, 0.5) is 10.1 Å². The van der Waals surface area contributed by atoms with Crippen molar-refractivity contribution < 1.29 is 9.18 Å². The number of amides is 1. The van der Waals surface area contributed by atoms with Crippen LogP contribution < -0.4 is 5.73 Å². The summed E-state index contributed by atoms with van der Waals surface area (Å²) < 4.78 is 13.3. The summed E-state index contributed by atoms with van der Waals surface area (Å²) in [5.74, 6) is -0.531. The van der Waals surface area contributed by atoms with Gasteiger partial charge in [-0.3, -0.25) is 4.79 Å². The van der Waals surface area contributed by atoms with Crippen molar-refractivity contribution in [3.63, 3.8) is 0 Å². The van der Waals surface area contributed by atoms with Gasteiger partial charge >= 0.3 is 0 Å². The fraction of sp³-hybridized carbons (Fsp3) is 0.235. The molecule has 0 bridgehead atoms. The van der Waals surface area contributed by atoms with Gasteiger partial charge in [0.25, 0.3) is 5.91 Å². The van der Waals surface area contributed by atoms with E-state index in [0.717, 1.165) is 18.4 Å². The molecule has 0 aliphatic heterocycles. The average Bonchev–Trinajstić information content (AvgIpc) is 3.30. The fourth-order valence-corrected chi connectivity index (χ4v) is 2.40. The minimum Gasteiger partial charge on any atom is -0.398 e. The number of halogens is 1. The van der Waals surface area contributed by atoms with Gasteiger partial charge in [0.1, 0.15) is 5.82 Å². The molecule has 0 spiro atoms. The molecule has 0 saturated heterocycles. The van der Waals surface area contributed by atoms with Gasteiger partial charge < -0.3 is 10.6 Å². The van der Waals surface area contributed by atoms with E-state index in [1.807, 2.05) is 24.3 Å². The Kier molecular flexibility index (Phi) is 3.60. The van der Waals surface area contributed by atoms with Gasteiger partial charge in [-0.2, -0.15) is 0 Å². The zero-order chi connectivity index (χ0) is 14.8. The van der Waals surface area contributed by atoms with Crippen LogP contribution in [0.2, 0.25) is 0 Å². The summed E-state index contributed by atoms with van der Waals surface area (Å²) in [6.45, 7) is 0.465. The number of nitrogens with zero attached hydrogens (tertiary/aromatic N) is 1. The summed E-state index contributed by atoms with van der Waals surface area (Å²) in [5.41, 5.74) is 7.94. The van der Waals surface area contributed by atoms with E-state index in [-0.39, 0.29) is 11.9 Å². The molecule has 3 nitrogen and oxygen atoms in total. The highest BCUT2D eigenvalue weighted by atomic mass is 19.1. The molecule has 0 radical (unpaired) electrons. The molecule has 0 unspecified atom stereocenters. The maximum atomic E-state index is 13.3. The molecule has 3 rings (SSSR count). The molecule has 1 fully saturated rings. The first-order chi connectivity index (χ1) is 10.1. The van der Waals surface area contributed by atoms with Gasteiger partial charge in [-0.15, -0.1) is 0 Å². The largest absolute Gasteiger partial charge is 0.398 e. The third kappa shape index (κ3) is 3.05. The molecule has 0 heterocycles. The molecule has 0 atom stereocenters. The highest BCUT2D eigenvalue weighted by Gasteiger charge is 2.33. The van der Waals surface area contributed by atoms with E-state index in [4.69, 9.17) is 5.73 Å². The Labute approximate surface area is 123 Å². The molecular weight excluding hydrogens is 267 g/mol. The molecule has 4 heteroatoms. The van der Waals surface area contributed by atoms with Crippen molar-refractivity contribution in [1.29, 1.82) is 0 Å². The van der Waals surface area contributed by atoms with Crippen LogP contribution in [0.1, 0.15) is 28.8 Å². The van der Waals surface area contributed by atoms with Gasteiger partial charge in [-0.1, -0.05) is 24.3 Å². The van der Waals surface area contributed by atoms with E-state index in [0.29, 0.717) is 17.8 Å². The number of benzene rings is 2. The van der Waals surface area contributed by atoms with E-state index in [1.54, 1.807) is 17.0 Å². The molecule has 0 aromatic heterocycles. The lowest BCUT2D eigenvalue weighted by atomic mass is 10.1. The molecule has 1 aliphatic carbocycles. The highest BCUT2D eigenvalue weighted by Crippen LogP contribution is 2.30. The summed E-state index contributed by atoms with van der Waals surface area (Å²) in [6.07, 6.45) is 1.99. The first-order valence-electron chi connectivity index (χ1n) is 7.05. The molecule has 1 aliphatic rings. The van der Waals surface area contributed by atoms with Crippen molar-refractivity contribution in [2.24, 2.45) is 0 Å². The second kappa shape index (κ2) is 5.56. The van der Waals surface area contributed by atoms with Crippen LogP contribution in [0.5, 0.6) is 0 Å². The molecular formula is C17H17FN2O. The van der Waals surface area contributed by atoms with E-state index >= 15 is 0 Å². The van der Waals surface area contributed by atoms with Gasteiger partial charge in [0.2, 0.25) is 0 Å². The third-order valence-electron chi connectivity index (χ3n) is 3.72. The number of para-hydroxylation sites is 1. The Balaban J connectivity index is 1.85. The Morgan fingerprint density at radius 2 is 1.95 bits per heavy atom. The molecule has 1 amide bonds. The number of nitrogen functional groups attached to an aromatic ring is 1. The Hall–Kier alpha value is -2.36. The number of carbonyl (C=O) groups excluding carboxylic acids is 1. The fourth-order valence-electron chi connectivity index (χ4n) is 2.40. The van der Waals surface area contributed by atoms with Crippen LogP contribution in [0.3, 0.4) is 0 Å². The zero-order valence-electron chi connectivity index (χ0n) is 11.6. The van der Waals surface area contributed by atoms with E-state index in [9.17, 15) is 9.18 Å². The van der Waals surface area contributed by atoms with E-state index in [1.165, 1.54) is 12.1 Å². The molecule has 2 aromatic rings. The number of nitrogens with two attached hydrogens (primary N) is 1. The highest BCUT2D eigenvalue weighted by molar-refractivity contribution is 5.94. The van der Waals surface area contributed by atoms with Gasteiger partial charge in [-0.05, 0) is 42.7 Å². The molecule has 2 N–H and O–H groups in total. The summed E-state index contributed by atoms with van der Waals surface area (Å²) in [4.78, 5) is 14.4. The van der Waals surface area contributed by atoms with E-state index in [2.05, 4.69) is 0 Å². The van der Waals surface area contributed by atoms with Crippen LogP contribution in [-0.2, 0) is 6.54 Å². The predicted molar refractivity (Wildman–Crippen MR) is 80.1 cm³/mol. The third-order valence-corrected chi connectivity index (χ3v) is 3.72. The first kappa shape index (κ1) is 13.6. The van der Waals surface area contributed by atoms with Crippen LogP contribution in [0.15, 0.2) is 48.5 Å². The molecule has 108 valence electrons. The lowest BCUT2D eigenvalue weighted by Crippen LogP contribution is -2.32. The van der Waals surface area contributed by atoms with Crippen molar-refractivity contribution in [2.45, 2.75) is 25.4 Å². The monoisotopic (exact) mass is 284 g/mol. The van der Waals surface area contributed by atoms with E-state index < -0.39 is 5.82 Å². The Bertz CT molecular complexity index is 667. The second-order valence-electron chi connectivity index (χ2n) is 5.37. The standard InChI is InChI=1S/C17H17FN2O/c18-14-6-3-5-12(10-14)17(21)20(15-8-9-15)11-13-4-1-2-7-16(13)19/h1-7,10,15H,8-9,11,19H2. The minimum atomic E-state index is -0.393. The smallest absolute Gasteiger partial charge is 0.254 e. The van der Waals surface area contributed by atoms with Gasteiger partial charge in [0.05, 0.1) is 0 Å². The lowest BCUT2D eigenvalue weighted by Gasteiger charge is -2.23. The lowest BCUT2D eigenvalue weighted by molar-refractivity contribution is 0.0730. The summed E-state index contributed by atoms with van der Waals surface area (Å²) in [5, 5.41) is 0. The average molecular weight is 284 g/mol. The van der Waals surface area contributed by atoms with Crippen molar-refractivity contribution in [2.75, 3.05) is 5.73 Å². The normalized spacial score (nSPS) is 14.0. The zero-order valence-corrected chi connectivity index (χ0v) is 11.6. The molecule has 1 saturated carbocycles. The van der Waals surface area contributed by atoms with Crippen LogP contribution in [0, 0.1) is 5.82 Å². The quantitative estimate of drug-likeness (QED) is 0.876.